The molecule has 19 heavy (non-hydrogen) atoms. The Hall–Kier alpha value is -0.650. The van der Waals surface area contributed by atoms with E-state index in [1.165, 1.54) is 25.7 Å². The van der Waals surface area contributed by atoms with Crippen LogP contribution in [0.2, 0.25) is 0 Å². The summed E-state index contributed by atoms with van der Waals surface area (Å²) in [5.41, 5.74) is 0. The molecule has 0 bridgehead atoms. The molecule has 0 radical (unpaired) electrons. The van der Waals surface area contributed by atoms with Crippen molar-refractivity contribution in [3.63, 3.8) is 0 Å². The van der Waals surface area contributed by atoms with Crippen molar-refractivity contribution < 1.29 is 14.6 Å². The molecule has 2 fully saturated rings. The summed E-state index contributed by atoms with van der Waals surface area (Å²) in [7, 11) is 1.81. The molecule has 1 saturated heterocycles. The van der Waals surface area contributed by atoms with E-state index >= 15 is 0 Å². The van der Waals surface area contributed by atoms with Crippen molar-refractivity contribution in [2.45, 2.75) is 44.2 Å². The van der Waals surface area contributed by atoms with Gasteiger partial charge in [0.05, 0.1) is 12.5 Å². The monoisotopic (exact) mass is 270 g/mol. The number of piperazine rings is 1. The van der Waals surface area contributed by atoms with E-state index in [1.54, 1.807) is 0 Å². The zero-order chi connectivity index (χ0) is 13.7. The zero-order valence-corrected chi connectivity index (χ0v) is 11.9. The number of carboxylic acid groups (broad SMARTS) is 1. The molecule has 1 aliphatic carbocycles. The number of carbonyl (C=O) groups is 1. The van der Waals surface area contributed by atoms with Crippen molar-refractivity contribution in [1.29, 1.82) is 0 Å². The molecule has 1 N–H and O–H groups in total. The molecule has 0 atom stereocenters. The maximum Gasteiger partial charge on any atom is 0.304 e. The maximum atomic E-state index is 10.6. The van der Waals surface area contributed by atoms with Crippen LogP contribution in [-0.4, -0.2) is 72.9 Å². The third-order valence-corrected chi connectivity index (χ3v) is 4.54. The number of nitrogens with zero attached hydrogens (tertiary/aromatic N) is 2. The lowest BCUT2D eigenvalue weighted by Crippen LogP contribution is -2.51. The maximum absolute atomic E-state index is 10.6. The van der Waals surface area contributed by atoms with Gasteiger partial charge in [-0.3, -0.25) is 9.69 Å². The first-order chi connectivity index (χ1) is 9.19. The summed E-state index contributed by atoms with van der Waals surface area (Å²) < 4.78 is 5.42. The molecule has 2 rings (SSSR count). The Morgan fingerprint density at radius 3 is 2.32 bits per heavy atom. The van der Waals surface area contributed by atoms with E-state index in [0.717, 1.165) is 26.2 Å². The standard InChI is InChI=1S/C14H26N2O3/c1-19-13-4-2-12(3-5-13)16-10-8-15(9-11-16)7-6-14(17)18/h12-13H,2-11H2,1H3,(H,17,18). The second-order valence-corrected chi connectivity index (χ2v) is 5.69. The highest BCUT2D eigenvalue weighted by Crippen LogP contribution is 2.25. The van der Waals surface area contributed by atoms with Crippen LogP contribution in [0.15, 0.2) is 0 Å². The Morgan fingerprint density at radius 1 is 1.16 bits per heavy atom. The predicted molar refractivity (Wildman–Crippen MR) is 73.3 cm³/mol. The summed E-state index contributed by atoms with van der Waals surface area (Å²) in [6.07, 6.45) is 5.58. The van der Waals surface area contributed by atoms with E-state index in [2.05, 4.69) is 9.80 Å². The average Bonchev–Trinajstić information content (AvgIpc) is 2.46. The lowest BCUT2D eigenvalue weighted by atomic mass is 9.91. The van der Waals surface area contributed by atoms with Gasteiger partial charge in [0.2, 0.25) is 0 Å². The summed E-state index contributed by atoms with van der Waals surface area (Å²) in [6, 6.07) is 0.716. The molecule has 2 aliphatic rings. The molecule has 110 valence electrons. The van der Waals surface area contributed by atoms with E-state index in [1.807, 2.05) is 7.11 Å². The van der Waals surface area contributed by atoms with Crippen molar-refractivity contribution in [2.24, 2.45) is 0 Å². The Kier molecular flexibility index (Phi) is 5.60. The average molecular weight is 270 g/mol. The number of hydrogen-bond donors (Lipinski definition) is 1. The van der Waals surface area contributed by atoms with Gasteiger partial charge in [0.15, 0.2) is 0 Å². The summed E-state index contributed by atoms with van der Waals surface area (Å²) in [5, 5.41) is 8.70. The van der Waals surface area contributed by atoms with E-state index in [0.29, 0.717) is 18.7 Å². The van der Waals surface area contributed by atoms with Crippen LogP contribution < -0.4 is 0 Å². The third-order valence-electron chi connectivity index (χ3n) is 4.54. The van der Waals surface area contributed by atoms with Gasteiger partial charge in [-0.2, -0.15) is 0 Å². The normalized spacial score (nSPS) is 30.4. The molecule has 0 aromatic rings. The number of ether oxygens (including phenoxy) is 1. The molecule has 5 heteroatoms. The minimum Gasteiger partial charge on any atom is -0.481 e. The molecule has 1 saturated carbocycles. The first-order valence-corrected chi connectivity index (χ1v) is 7.40. The molecule has 0 aromatic carbocycles. The van der Waals surface area contributed by atoms with Crippen molar-refractivity contribution in [3.8, 4) is 0 Å². The minimum absolute atomic E-state index is 0.263. The quantitative estimate of drug-likeness (QED) is 0.809. The Balaban J connectivity index is 1.67. The van der Waals surface area contributed by atoms with Gasteiger partial charge in [0.1, 0.15) is 0 Å². The van der Waals surface area contributed by atoms with Gasteiger partial charge >= 0.3 is 5.97 Å². The van der Waals surface area contributed by atoms with Crippen LogP contribution >= 0.6 is 0 Å². The minimum atomic E-state index is -0.694. The van der Waals surface area contributed by atoms with Crippen molar-refractivity contribution in [2.75, 3.05) is 39.8 Å². The van der Waals surface area contributed by atoms with Gasteiger partial charge in [-0.1, -0.05) is 0 Å². The van der Waals surface area contributed by atoms with Crippen molar-refractivity contribution in [1.82, 2.24) is 9.80 Å². The second-order valence-electron chi connectivity index (χ2n) is 5.69. The fourth-order valence-electron chi connectivity index (χ4n) is 3.25. The lowest BCUT2D eigenvalue weighted by molar-refractivity contribution is -0.137. The number of methoxy groups -OCH3 is 1. The van der Waals surface area contributed by atoms with Gasteiger partial charge in [-0.25, -0.2) is 0 Å². The van der Waals surface area contributed by atoms with Gasteiger partial charge in [0, 0.05) is 45.9 Å². The predicted octanol–water partition coefficient (Wildman–Crippen LogP) is 1.04. The second kappa shape index (κ2) is 7.22. The van der Waals surface area contributed by atoms with Crippen LogP contribution in [-0.2, 0) is 9.53 Å². The van der Waals surface area contributed by atoms with E-state index in [-0.39, 0.29) is 6.42 Å². The molecular weight excluding hydrogens is 244 g/mol. The Morgan fingerprint density at radius 2 is 1.79 bits per heavy atom. The first kappa shape index (κ1) is 14.8. The SMILES string of the molecule is COC1CCC(N2CCN(CCC(=O)O)CC2)CC1. The molecule has 0 unspecified atom stereocenters. The van der Waals surface area contributed by atoms with Gasteiger partial charge in [-0.05, 0) is 25.7 Å². The van der Waals surface area contributed by atoms with Gasteiger partial charge in [0.25, 0.3) is 0 Å². The molecule has 0 amide bonds. The number of aliphatic carboxylic acids is 1. The van der Waals surface area contributed by atoms with E-state index in [4.69, 9.17) is 9.84 Å². The molecule has 5 nitrogen and oxygen atoms in total. The van der Waals surface area contributed by atoms with E-state index < -0.39 is 5.97 Å². The van der Waals surface area contributed by atoms with Crippen LogP contribution in [0.1, 0.15) is 32.1 Å². The summed E-state index contributed by atoms with van der Waals surface area (Å²) >= 11 is 0. The number of carboxylic acids is 1. The fraction of sp³-hybridized carbons (Fsp3) is 0.929. The zero-order valence-electron chi connectivity index (χ0n) is 11.9. The molecule has 0 spiro atoms. The number of rotatable bonds is 5. The third kappa shape index (κ3) is 4.44. The smallest absolute Gasteiger partial charge is 0.304 e. The first-order valence-electron chi connectivity index (χ1n) is 7.40. The summed E-state index contributed by atoms with van der Waals surface area (Å²) in [5.74, 6) is -0.694. The van der Waals surface area contributed by atoms with Crippen molar-refractivity contribution >= 4 is 5.97 Å². The Bertz CT molecular complexity index is 282. The van der Waals surface area contributed by atoms with Crippen LogP contribution in [0.4, 0.5) is 0 Å². The molecule has 1 heterocycles. The topological polar surface area (TPSA) is 53.0 Å². The summed E-state index contributed by atoms with van der Waals surface area (Å²) in [6.45, 7) is 4.89. The van der Waals surface area contributed by atoms with Gasteiger partial charge < -0.3 is 14.7 Å². The summed E-state index contributed by atoms with van der Waals surface area (Å²) in [4.78, 5) is 15.4. The lowest BCUT2D eigenvalue weighted by Gasteiger charge is -2.41. The van der Waals surface area contributed by atoms with Crippen LogP contribution in [0.5, 0.6) is 0 Å². The largest absolute Gasteiger partial charge is 0.481 e. The molecular formula is C14H26N2O3. The van der Waals surface area contributed by atoms with Crippen LogP contribution in [0, 0.1) is 0 Å². The highest BCUT2D eigenvalue weighted by atomic mass is 16.5. The molecule has 0 aromatic heterocycles. The van der Waals surface area contributed by atoms with Crippen LogP contribution in [0.3, 0.4) is 0 Å². The highest BCUT2D eigenvalue weighted by Gasteiger charge is 2.28. The molecule has 1 aliphatic heterocycles. The number of hydrogen-bond acceptors (Lipinski definition) is 4. The van der Waals surface area contributed by atoms with Crippen LogP contribution in [0.25, 0.3) is 0 Å². The van der Waals surface area contributed by atoms with Gasteiger partial charge in [-0.15, -0.1) is 0 Å². The van der Waals surface area contributed by atoms with Crippen molar-refractivity contribution in [3.05, 3.63) is 0 Å². The fourth-order valence-corrected chi connectivity index (χ4v) is 3.25. The highest BCUT2D eigenvalue weighted by molar-refractivity contribution is 5.66. The van der Waals surface area contributed by atoms with E-state index in [9.17, 15) is 4.79 Å². The Labute approximate surface area is 115 Å².